The molecule has 0 fully saturated rings. The highest BCUT2D eigenvalue weighted by atomic mass is 35.5. The van der Waals surface area contributed by atoms with E-state index < -0.39 is 0 Å². The van der Waals surface area contributed by atoms with E-state index in [1.807, 2.05) is 30.0 Å². The maximum atomic E-state index is 5.96. The van der Waals surface area contributed by atoms with Crippen LogP contribution in [0.5, 0.6) is 0 Å². The van der Waals surface area contributed by atoms with Crippen LogP contribution < -0.4 is 5.32 Å². The lowest BCUT2D eigenvalue weighted by Gasteiger charge is -2.18. The van der Waals surface area contributed by atoms with Crippen LogP contribution in [0, 0.1) is 0 Å². The monoisotopic (exact) mass is 269 g/mol. The normalized spacial score (nSPS) is 12.4. The molecule has 17 heavy (non-hydrogen) atoms. The van der Waals surface area contributed by atoms with Crippen molar-refractivity contribution in [2.75, 3.05) is 12.3 Å². The molecule has 0 spiro atoms. The van der Waals surface area contributed by atoms with E-state index in [9.17, 15) is 0 Å². The van der Waals surface area contributed by atoms with E-state index >= 15 is 0 Å². The zero-order valence-electron chi connectivity index (χ0n) is 10.5. The standard InChI is InChI=1S/C14H20ClNS/c1-4-8-16-14(11(2)3)10-17-13-7-5-6-12(15)9-13/h5-7,9,14,16H,2,4,8,10H2,1,3H3. The minimum absolute atomic E-state index is 0.374. The van der Waals surface area contributed by atoms with Crippen LogP contribution in [0.25, 0.3) is 0 Å². The fourth-order valence-electron chi connectivity index (χ4n) is 1.43. The molecule has 1 aromatic rings. The van der Waals surface area contributed by atoms with E-state index in [-0.39, 0.29) is 0 Å². The van der Waals surface area contributed by atoms with Gasteiger partial charge in [0, 0.05) is 21.7 Å². The Bertz CT molecular complexity index is 365. The summed E-state index contributed by atoms with van der Waals surface area (Å²) in [5.41, 5.74) is 1.19. The minimum atomic E-state index is 0.374. The van der Waals surface area contributed by atoms with Crippen LogP contribution in [0.3, 0.4) is 0 Å². The predicted molar refractivity (Wildman–Crippen MR) is 79.1 cm³/mol. The Kier molecular flexibility index (Phi) is 6.71. The van der Waals surface area contributed by atoms with Gasteiger partial charge in [0.05, 0.1) is 0 Å². The fraction of sp³-hybridized carbons (Fsp3) is 0.429. The molecule has 0 aliphatic rings. The Balaban J connectivity index is 2.48. The molecule has 1 nitrogen and oxygen atoms in total. The zero-order valence-corrected chi connectivity index (χ0v) is 12.1. The fourth-order valence-corrected chi connectivity index (χ4v) is 2.83. The summed E-state index contributed by atoms with van der Waals surface area (Å²) in [7, 11) is 0. The summed E-state index contributed by atoms with van der Waals surface area (Å²) in [5, 5.41) is 4.30. The maximum Gasteiger partial charge on any atom is 0.0417 e. The third kappa shape index (κ3) is 5.62. The summed E-state index contributed by atoms with van der Waals surface area (Å²) in [6, 6.07) is 8.35. The van der Waals surface area contributed by atoms with Crippen molar-refractivity contribution in [3.8, 4) is 0 Å². The summed E-state index contributed by atoms with van der Waals surface area (Å²) in [5.74, 6) is 0.996. The molecule has 0 aliphatic carbocycles. The van der Waals surface area contributed by atoms with Gasteiger partial charge in [0.2, 0.25) is 0 Å². The molecule has 1 rings (SSSR count). The highest BCUT2D eigenvalue weighted by Crippen LogP contribution is 2.23. The lowest BCUT2D eigenvalue weighted by atomic mass is 10.2. The van der Waals surface area contributed by atoms with Crippen molar-refractivity contribution in [1.29, 1.82) is 0 Å². The number of rotatable bonds is 7. The second-order valence-corrected chi connectivity index (χ2v) is 5.65. The van der Waals surface area contributed by atoms with Gasteiger partial charge in [0.25, 0.3) is 0 Å². The van der Waals surface area contributed by atoms with Crippen LogP contribution in [-0.2, 0) is 0 Å². The lowest BCUT2D eigenvalue weighted by Crippen LogP contribution is -2.32. The molecular weight excluding hydrogens is 250 g/mol. The second-order valence-electron chi connectivity index (χ2n) is 4.12. The average Bonchev–Trinajstić information content (AvgIpc) is 2.28. The predicted octanol–water partition coefficient (Wildman–Crippen LogP) is 4.38. The minimum Gasteiger partial charge on any atom is -0.310 e. The largest absolute Gasteiger partial charge is 0.310 e. The van der Waals surface area contributed by atoms with Crippen molar-refractivity contribution < 1.29 is 0 Å². The first-order valence-electron chi connectivity index (χ1n) is 5.90. The third-order valence-corrected chi connectivity index (χ3v) is 3.77. The Morgan fingerprint density at radius 1 is 1.53 bits per heavy atom. The number of hydrogen-bond acceptors (Lipinski definition) is 2. The molecule has 1 unspecified atom stereocenters. The Labute approximate surface area is 114 Å². The number of benzene rings is 1. The van der Waals surface area contributed by atoms with Gasteiger partial charge in [-0.3, -0.25) is 0 Å². The number of halogens is 1. The van der Waals surface area contributed by atoms with Crippen molar-refractivity contribution >= 4 is 23.4 Å². The van der Waals surface area contributed by atoms with E-state index in [1.54, 1.807) is 0 Å². The van der Waals surface area contributed by atoms with Gasteiger partial charge in [0.15, 0.2) is 0 Å². The first kappa shape index (κ1) is 14.6. The summed E-state index contributed by atoms with van der Waals surface area (Å²) in [6.07, 6.45) is 1.14. The first-order valence-corrected chi connectivity index (χ1v) is 7.27. The van der Waals surface area contributed by atoms with Gasteiger partial charge in [-0.15, -0.1) is 11.8 Å². The number of hydrogen-bond donors (Lipinski definition) is 1. The highest BCUT2D eigenvalue weighted by Gasteiger charge is 2.08. The lowest BCUT2D eigenvalue weighted by molar-refractivity contribution is 0.609. The zero-order chi connectivity index (χ0) is 12.7. The molecule has 0 amide bonds. The van der Waals surface area contributed by atoms with E-state index in [0.29, 0.717) is 6.04 Å². The van der Waals surface area contributed by atoms with Crippen molar-refractivity contribution in [2.24, 2.45) is 0 Å². The number of nitrogens with one attached hydrogen (secondary N) is 1. The molecule has 1 aromatic carbocycles. The SMILES string of the molecule is C=C(C)C(CSc1cccc(Cl)c1)NCCC. The van der Waals surface area contributed by atoms with Crippen LogP contribution in [0.15, 0.2) is 41.3 Å². The van der Waals surface area contributed by atoms with Gasteiger partial charge in [-0.2, -0.15) is 0 Å². The highest BCUT2D eigenvalue weighted by molar-refractivity contribution is 7.99. The molecule has 0 saturated carbocycles. The Hall–Kier alpha value is -0.440. The van der Waals surface area contributed by atoms with Gasteiger partial charge >= 0.3 is 0 Å². The van der Waals surface area contributed by atoms with Crippen LogP contribution in [0.2, 0.25) is 5.02 Å². The molecule has 3 heteroatoms. The van der Waals surface area contributed by atoms with Crippen LogP contribution in [-0.4, -0.2) is 18.3 Å². The maximum absolute atomic E-state index is 5.96. The molecule has 0 bridgehead atoms. The Morgan fingerprint density at radius 2 is 2.29 bits per heavy atom. The van der Waals surface area contributed by atoms with Crippen molar-refractivity contribution in [3.63, 3.8) is 0 Å². The van der Waals surface area contributed by atoms with Crippen LogP contribution >= 0.6 is 23.4 Å². The second kappa shape index (κ2) is 7.80. The summed E-state index contributed by atoms with van der Waals surface area (Å²) < 4.78 is 0. The Morgan fingerprint density at radius 3 is 2.88 bits per heavy atom. The molecule has 1 atom stereocenters. The first-order chi connectivity index (χ1) is 8.13. The third-order valence-electron chi connectivity index (χ3n) is 2.45. The van der Waals surface area contributed by atoms with Gasteiger partial charge in [-0.1, -0.05) is 36.7 Å². The van der Waals surface area contributed by atoms with Crippen molar-refractivity contribution in [3.05, 3.63) is 41.4 Å². The molecule has 0 aromatic heterocycles. The van der Waals surface area contributed by atoms with Gasteiger partial charge in [0.1, 0.15) is 0 Å². The van der Waals surface area contributed by atoms with Gasteiger partial charge in [-0.25, -0.2) is 0 Å². The quantitative estimate of drug-likeness (QED) is 0.582. The summed E-state index contributed by atoms with van der Waals surface area (Å²) >= 11 is 7.77. The summed E-state index contributed by atoms with van der Waals surface area (Å²) in [6.45, 7) is 9.32. The molecule has 0 heterocycles. The van der Waals surface area contributed by atoms with E-state index in [1.165, 1.54) is 10.5 Å². The van der Waals surface area contributed by atoms with Crippen molar-refractivity contribution in [1.82, 2.24) is 5.32 Å². The van der Waals surface area contributed by atoms with Gasteiger partial charge in [-0.05, 0) is 38.1 Å². The van der Waals surface area contributed by atoms with Crippen molar-refractivity contribution in [2.45, 2.75) is 31.2 Å². The average molecular weight is 270 g/mol. The van der Waals surface area contributed by atoms with E-state index in [0.717, 1.165) is 23.7 Å². The molecule has 0 saturated heterocycles. The summed E-state index contributed by atoms with van der Waals surface area (Å²) in [4.78, 5) is 1.21. The van der Waals surface area contributed by atoms with Crippen LogP contribution in [0.4, 0.5) is 0 Å². The van der Waals surface area contributed by atoms with E-state index in [2.05, 4.69) is 31.8 Å². The molecule has 1 N–H and O–H groups in total. The van der Waals surface area contributed by atoms with Crippen LogP contribution in [0.1, 0.15) is 20.3 Å². The molecular formula is C14H20ClNS. The molecule has 0 aliphatic heterocycles. The molecule has 94 valence electrons. The number of thioether (sulfide) groups is 1. The smallest absolute Gasteiger partial charge is 0.0417 e. The molecule has 0 radical (unpaired) electrons. The van der Waals surface area contributed by atoms with E-state index in [4.69, 9.17) is 11.6 Å². The van der Waals surface area contributed by atoms with Gasteiger partial charge < -0.3 is 5.32 Å². The topological polar surface area (TPSA) is 12.0 Å².